The maximum absolute atomic E-state index is 9.22. The van der Waals surface area contributed by atoms with E-state index in [-0.39, 0.29) is 5.75 Å². The average Bonchev–Trinajstić information content (AvgIpc) is 2.57. The van der Waals surface area contributed by atoms with E-state index in [1.165, 1.54) is 25.5 Å². The first kappa shape index (κ1) is 9.56. The Balaban J connectivity index is 2.06. The highest BCUT2D eigenvalue weighted by Crippen LogP contribution is 2.36. The molecule has 1 aromatic heterocycles. The van der Waals surface area contributed by atoms with E-state index in [2.05, 4.69) is 18.9 Å². The zero-order valence-corrected chi connectivity index (χ0v) is 8.85. The summed E-state index contributed by atoms with van der Waals surface area (Å²) in [6.45, 7) is 4.63. The number of hydrogen-bond acceptors (Lipinski definition) is 2. The van der Waals surface area contributed by atoms with Gasteiger partial charge in [0.15, 0.2) is 5.75 Å². The molecule has 1 saturated carbocycles. The van der Waals surface area contributed by atoms with Gasteiger partial charge in [0.1, 0.15) is 0 Å². The lowest BCUT2D eigenvalue weighted by atomic mass is 9.79. The van der Waals surface area contributed by atoms with Crippen molar-refractivity contribution in [2.75, 3.05) is 0 Å². The van der Waals surface area contributed by atoms with Crippen molar-refractivity contribution in [3.8, 4) is 5.75 Å². The van der Waals surface area contributed by atoms with Gasteiger partial charge in [-0.05, 0) is 31.1 Å². The smallest absolute Gasteiger partial charge is 0.153 e. The summed E-state index contributed by atoms with van der Waals surface area (Å²) in [6, 6.07) is 0.488. The second-order valence-corrected chi connectivity index (χ2v) is 4.60. The lowest BCUT2D eigenvalue weighted by Gasteiger charge is -2.32. The maximum Gasteiger partial charge on any atom is 0.153 e. The van der Waals surface area contributed by atoms with E-state index in [4.69, 9.17) is 0 Å². The van der Waals surface area contributed by atoms with Crippen molar-refractivity contribution in [2.24, 2.45) is 11.8 Å². The van der Waals surface area contributed by atoms with Gasteiger partial charge in [-0.3, -0.25) is 4.68 Å². The molecule has 1 heterocycles. The zero-order chi connectivity index (χ0) is 10.1. The van der Waals surface area contributed by atoms with Crippen molar-refractivity contribution >= 4 is 0 Å². The molecule has 0 aliphatic heterocycles. The standard InChI is InChI=1S/C11H18N2O/c1-8-3-4-10(5-9(8)2)13-7-11(14)6-12-13/h6-10,14H,3-5H2,1-2H3. The van der Waals surface area contributed by atoms with Crippen molar-refractivity contribution < 1.29 is 5.11 Å². The third-order valence-corrected chi connectivity index (χ3v) is 3.53. The molecule has 3 nitrogen and oxygen atoms in total. The maximum atomic E-state index is 9.22. The molecule has 0 aromatic carbocycles. The molecule has 1 N–H and O–H groups in total. The van der Waals surface area contributed by atoms with Crippen LogP contribution in [0.3, 0.4) is 0 Å². The van der Waals surface area contributed by atoms with Gasteiger partial charge in [0.25, 0.3) is 0 Å². The molecular formula is C11H18N2O. The van der Waals surface area contributed by atoms with Crippen LogP contribution in [0.2, 0.25) is 0 Å². The van der Waals surface area contributed by atoms with Gasteiger partial charge in [-0.25, -0.2) is 0 Å². The van der Waals surface area contributed by atoms with Gasteiger partial charge in [0, 0.05) is 0 Å². The van der Waals surface area contributed by atoms with E-state index in [1.807, 2.05) is 4.68 Å². The molecule has 0 radical (unpaired) electrons. The van der Waals surface area contributed by atoms with Crippen LogP contribution in [0.5, 0.6) is 5.75 Å². The molecule has 2 rings (SSSR count). The van der Waals surface area contributed by atoms with Crippen LogP contribution in [0.25, 0.3) is 0 Å². The fourth-order valence-electron chi connectivity index (χ4n) is 2.29. The lowest BCUT2D eigenvalue weighted by Crippen LogP contribution is -2.23. The summed E-state index contributed by atoms with van der Waals surface area (Å²) in [4.78, 5) is 0. The summed E-state index contributed by atoms with van der Waals surface area (Å²) in [5.41, 5.74) is 0. The molecule has 78 valence electrons. The van der Waals surface area contributed by atoms with Crippen molar-refractivity contribution in [3.63, 3.8) is 0 Å². The Morgan fingerprint density at radius 3 is 2.71 bits per heavy atom. The van der Waals surface area contributed by atoms with Gasteiger partial charge < -0.3 is 5.11 Å². The van der Waals surface area contributed by atoms with Gasteiger partial charge in [-0.15, -0.1) is 0 Å². The first-order chi connectivity index (χ1) is 6.66. The van der Waals surface area contributed by atoms with Crippen molar-refractivity contribution in [3.05, 3.63) is 12.4 Å². The highest BCUT2D eigenvalue weighted by molar-refractivity contribution is 5.09. The van der Waals surface area contributed by atoms with Gasteiger partial charge in [0.05, 0.1) is 18.4 Å². The van der Waals surface area contributed by atoms with E-state index in [9.17, 15) is 5.11 Å². The molecule has 1 aliphatic rings. The second kappa shape index (κ2) is 3.64. The molecule has 3 atom stereocenters. The van der Waals surface area contributed by atoms with E-state index >= 15 is 0 Å². The minimum atomic E-state index is 0.274. The quantitative estimate of drug-likeness (QED) is 0.746. The molecule has 0 spiro atoms. The molecule has 3 heteroatoms. The molecule has 1 aromatic rings. The molecular weight excluding hydrogens is 176 g/mol. The van der Waals surface area contributed by atoms with Gasteiger partial charge in [-0.2, -0.15) is 5.10 Å². The molecule has 14 heavy (non-hydrogen) atoms. The summed E-state index contributed by atoms with van der Waals surface area (Å²) in [5, 5.41) is 13.4. The van der Waals surface area contributed by atoms with E-state index in [1.54, 1.807) is 6.20 Å². The molecule has 0 bridgehead atoms. The van der Waals surface area contributed by atoms with Crippen molar-refractivity contribution in [2.45, 2.75) is 39.2 Å². The predicted molar refractivity (Wildman–Crippen MR) is 55.1 cm³/mol. The van der Waals surface area contributed by atoms with Crippen LogP contribution in [0.15, 0.2) is 12.4 Å². The molecule has 1 fully saturated rings. The first-order valence-electron chi connectivity index (χ1n) is 5.40. The van der Waals surface area contributed by atoms with E-state index < -0.39 is 0 Å². The topological polar surface area (TPSA) is 38.0 Å². The monoisotopic (exact) mass is 194 g/mol. The Kier molecular flexibility index (Phi) is 2.48. The summed E-state index contributed by atoms with van der Waals surface area (Å²) in [7, 11) is 0. The average molecular weight is 194 g/mol. The number of aromatic nitrogens is 2. The summed E-state index contributed by atoms with van der Waals surface area (Å²) in [5.74, 6) is 1.87. The Morgan fingerprint density at radius 1 is 1.36 bits per heavy atom. The van der Waals surface area contributed by atoms with Crippen LogP contribution in [0, 0.1) is 11.8 Å². The largest absolute Gasteiger partial charge is 0.505 e. The Bertz CT molecular complexity index is 308. The van der Waals surface area contributed by atoms with Gasteiger partial charge in [0.2, 0.25) is 0 Å². The van der Waals surface area contributed by atoms with E-state index in [0.29, 0.717) is 6.04 Å². The fraction of sp³-hybridized carbons (Fsp3) is 0.727. The SMILES string of the molecule is CC1CCC(n2cc(O)cn2)CC1C. The van der Waals surface area contributed by atoms with Crippen LogP contribution in [-0.4, -0.2) is 14.9 Å². The van der Waals surface area contributed by atoms with Crippen LogP contribution < -0.4 is 0 Å². The van der Waals surface area contributed by atoms with Gasteiger partial charge in [-0.1, -0.05) is 13.8 Å². The predicted octanol–water partition coefficient (Wildman–Crippen LogP) is 2.59. The molecule has 3 unspecified atom stereocenters. The fourth-order valence-corrected chi connectivity index (χ4v) is 2.29. The third-order valence-electron chi connectivity index (χ3n) is 3.53. The Labute approximate surface area is 84.7 Å². The number of nitrogens with zero attached hydrogens (tertiary/aromatic N) is 2. The minimum absolute atomic E-state index is 0.274. The number of aromatic hydroxyl groups is 1. The van der Waals surface area contributed by atoms with Crippen molar-refractivity contribution in [1.82, 2.24) is 9.78 Å². The third kappa shape index (κ3) is 1.76. The molecule has 0 saturated heterocycles. The van der Waals surface area contributed by atoms with Crippen LogP contribution in [0.4, 0.5) is 0 Å². The van der Waals surface area contributed by atoms with Crippen LogP contribution in [-0.2, 0) is 0 Å². The van der Waals surface area contributed by atoms with Crippen LogP contribution >= 0.6 is 0 Å². The Hall–Kier alpha value is -0.990. The summed E-state index contributed by atoms with van der Waals surface area (Å²) in [6.07, 6.45) is 6.89. The van der Waals surface area contributed by atoms with Crippen LogP contribution in [0.1, 0.15) is 39.2 Å². The second-order valence-electron chi connectivity index (χ2n) is 4.60. The first-order valence-corrected chi connectivity index (χ1v) is 5.40. The molecule has 0 amide bonds. The van der Waals surface area contributed by atoms with Gasteiger partial charge >= 0.3 is 0 Å². The summed E-state index contributed by atoms with van der Waals surface area (Å²) < 4.78 is 1.91. The molecule has 1 aliphatic carbocycles. The normalized spacial score (nSPS) is 33.1. The zero-order valence-electron chi connectivity index (χ0n) is 8.85. The number of rotatable bonds is 1. The highest BCUT2D eigenvalue weighted by Gasteiger charge is 2.25. The highest BCUT2D eigenvalue weighted by atomic mass is 16.3. The summed E-state index contributed by atoms with van der Waals surface area (Å²) >= 11 is 0. The van der Waals surface area contributed by atoms with E-state index in [0.717, 1.165) is 11.8 Å². The minimum Gasteiger partial charge on any atom is -0.505 e. The van der Waals surface area contributed by atoms with Crippen molar-refractivity contribution in [1.29, 1.82) is 0 Å². The number of hydrogen-bond donors (Lipinski definition) is 1. The lowest BCUT2D eigenvalue weighted by molar-refractivity contribution is 0.200. The Morgan fingerprint density at radius 2 is 2.14 bits per heavy atom.